The van der Waals surface area contributed by atoms with E-state index in [0.717, 1.165) is 10.5 Å². The molecule has 1 aliphatic heterocycles. The number of amidine groups is 1. The van der Waals surface area contributed by atoms with Crippen molar-refractivity contribution in [1.29, 1.82) is 5.41 Å². The third kappa shape index (κ3) is 2.09. The number of ether oxygens (including phenoxy) is 1. The van der Waals surface area contributed by atoms with E-state index in [1.54, 1.807) is 26.0 Å². The minimum atomic E-state index is -0.616. The first kappa shape index (κ1) is 12.9. The summed E-state index contributed by atoms with van der Waals surface area (Å²) in [4.78, 5) is 12.9. The third-order valence-electron chi connectivity index (χ3n) is 2.43. The SMILES string of the molecule is CC(C)=C1OC(=O)N(c2ccc(Cl)c(Cl)c2)C1=N. The average Bonchev–Trinajstić information content (AvgIpc) is 2.59. The Hall–Kier alpha value is -1.52. The molecule has 18 heavy (non-hydrogen) atoms. The standard InChI is InChI=1S/C12H10Cl2N2O2/c1-6(2)10-11(15)16(12(17)18-10)7-3-4-8(13)9(14)5-7/h3-5,15H,1-2H3. The van der Waals surface area contributed by atoms with E-state index < -0.39 is 6.09 Å². The van der Waals surface area contributed by atoms with Gasteiger partial charge in [-0.15, -0.1) is 0 Å². The van der Waals surface area contributed by atoms with Gasteiger partial charge < -0.3 is 4.74 Å². The number of halogens is 2. The Bertz CT molecular complexity index is 577. The summed E-state index contributed by atoms with van der Waals surface area (Å²) < 4.78 is 5.04. The molecule has 1 saturated heterocycles. The van der Waals surface area contributed by atoms with Crippen molar-refractivity contribution in [1.82, 2.24) is 0 Å². The highest BCUT2D eigenvalue weighted by Gasteiger charge is 2.35. The highest BCUT2D eigenvalue weighted by Crippen LogP contribution is 2.31. The number of carbonyl (C=O) groups is 1. The van der Waals surface area contributed by atoms with Gasteiger partial charge in [-0.1, -0.05) is 23.2 Å². The molecule has 1 aliphatic rings. The molecule has 1 aromatic rings. The molecule has 6 heteroatoms. The van der Waals surface area contributed by atoms with Crippen molar-refractivity contribution in [2.75, 3.05) is 4.90 Å². The fraction of sp³-hybridized carbons (Fsp3) is 0.167. The van der Waals surface area contributed by atoms with Gasteiger partial charge in [0.25, 0.3) is 0 Å². The number of allylic oxidation sites excluding steroid dienone is 1. The number of amides is 1. The lowest BCUT2D eigenvalue weighted by molar-refractivity contribution is 0.198. The maximum Gasteiger partial charge on any atom is 0.425 e. The number of carbonyl (C=O) groups excluding carboxylic acids is 1. The van der Waals surface area contributed by atoms with Gasteiger partial charge in [0.15, 0.2) is 11.6 Å². The fourth-order valence-electron chi connectivity index (χ4n) is 1.57. The maximum absolute atomic E-state index is 11.7. The summed E-state index contributed by atoms with van der Waals surface area (Å²) in [6.45, 7) is 3.55. The van der Waals surface area contributed by atoms with Gasteiger partial charge in [-0.25, -0.2) is 9.69 Å². The van der Waals surface area contributed by atoms with E-state index in [1.807, 2.05) is 0 Å². The summed E-state index contributed by atoms with van der Waals surface area (Å²) in [6.07, 6.45) is -0.616. The zero-order valence-electron chi connectivity index (χ0n) is 9.75. The lowest BCUT2D eigenvalue weighted by Gasteiger charge is -2.12. The summed E-state index contributed by atoms with van der Waals surface area (Å²) in [5, 5.41) is 8.64. The van der Waals surface area contributed by atoms with E-state index >= 15 is 0 Å². The van der Waals surface area contributed by atoms with Crippen LogP contribution < -0.4 is 4.90 Å². The van der Waals surface area contributed by atoms with Crippen LogP contribution in [0.25, 0.3) is 0 Å². The molecule has 94 valence electrons. The molecule has 0 atom stereocenters. The topological polar surface area (TPSA) is 53.4 Å². The van der Waals surface area contributed by atoms with Gasteiger partial charge >= 0.3 is 6.09 Å². The molecule has 1 heterocycles. The first-order chi connectivity index (χ1) is 8.41. The molecule has 0 radical (unpaired) electrons. The van der Waals surface area contributed by atoms with Crippen molar-refractivity contribution in [3.63, 3.8) is 0 Å². The van der Waals surface area contributed by atoms with E-state index in [9.17, 15) is 4.79 Å². The molecule has 0 unspecified atom stereocenters. The molecular formula is C12H10Cl2N2O2. The van der Waals surface area contributed by atoms with Crippen LogP contribution in [-0.2, 0) is 4.74 Å². The van der Waals surface area contributed by atoms with Crippen LogP contribution >= 0.6 is 23.2 Å². The number of rotatable bonds is 1. The normalized spacial score (nSPS) is 15.1. The summed E-state index contributed by atoms with van der Waals surface area (Å²) in [7, 11) is 0. The summed E-state index contributed by atoms with van der Waals surface area (Å²) in [5.74, 6) is 0.268. The van der Waals surface area contributed by atoms with Crippen LogP contribution in [-0.4, -0.2) is 11.9 Å². The van der Waals surface area contributed by atoms with Crippen LogP contribution in [0.5, 0.6) is 0 Å². The van der Waals surface area contributed by atoms with Crippen molar-refractivity contribution >= 4 is 40.8 Å². The van der Waals surface area contributed by atoms with Crippen molar-refractivity contribution in [2.45, 2.75) is 13.8 Å². The van der Waals surface area contributed by atoms with Crippen LogP contribution in [0.15, 0.2) is 29.5 Å². The van der Waals surface area contributed by atoms with E-state index in [-0.39, 0.29) is 11.6 Å². The molecular weight excluding hydrogens is 275 g/mol. The molecule has 1 N–H and O–H groups in total. The molecule has 2 rings (SSSR count). The Kier molecular flexibility index (Phi) is 3.32. The zero-order valence-corrected chi connectivity index (χ0v) is 11.3. The van der Waals surface area contributed by atoms with Crippen LogP contribution in [0.1, 0.15) is 13.8 Å². The van der Waals surface area contributed by atoms with E-state index in [4.69, 9.17) is 33.3 Å². The predicted octanol–water partition coefficient (Wildman–Crippen LogP) is 4.22. The molecule has 0 bridgehead atoms. The van der Waals surface area contributed by atoms with Gasteiger partial charge in [0.05, 0.1) is 15.7 Å². The van der Waals surface area contributed by atoms with Crippen LogP contribution in [0.2, 0.25) is 10.0 Å². The molecule has 1 amide bonds. The Morgan fingerprint density at radius 2 is 1.94 bits per heavy atom. The van der Waals surface area contributed by atoms with Crippen molar-refractivity contribution in [2.24, 2.45) is 0 Å². The molecule has 0 spiro atoms. The third-order valence-corrected chi connectivity index (χ3v) is 3.17. The highest BCUT2D eigenvalue weighted by molar-refractivity contribution is 6.42. The summed E-state index contributed by atoms with van der Waals surface area (Å²) in [6, 6.07) is 4.70. The molecule has 1 fully saturated rings. The predicted molar refractivity (Wildman–Crippen MR) is 71.5 cm³/mol. The zero-order chi connectivity index (χ0) is 13.4. The molecule has 1 aromatic carbocycles. The lowest BCUT2D eigenvalue weighted by Crippen LogP contribution is -2.27. The second-order valence-corrected chi connectivity index (χ2v) is 4.79. The van der Waals surface area contributed by atoms with Gasteiger partial charge in [-0.3, -0.25) is 5.41 Å². The summed E-state index contributed by atoms with van der Waals surface area (Å²) >= 11 is 11.7. The molecule has 0 aromatic heterocycles. The Balaban J connectivity index is 2.46. The van der Waals surface area contributed by atoms with Gasteiger partial charge in [-0.05, 0) is 37.6 Å². The molecule has 0 aliphatic carbocycles. The number of cyclic esters (lactones) is 1. The number of benzene rings is 1. The maximum atomic E-state index is 11.7. The van der Waals surface area contributed by atoms with Crippen LogP contribution in [0.4, 0.5) is 10.5 Å². The lowest BCUT2D eigenvalue weighted by atomic mass is 10.2. The van der Waals surface area contributed by atoms with Gasteiger partial charge in [0.1, 0.15) is 0 Å². The van der Waals surface area contributed by atoms with E-state index in [0.29, 0.717) is 15.7 Å². The van der Waals surface area contributed by atoms with E-state index in [2.05, 4.69) is 0 Å². The van der Waals surface area contributed by atoms with Gasteiger partial charge in [0, 0.05) is 0 Å². The number of anilines is 1. The van der Waals surface area contributed by atoms with Crippen molar-refractivity contribution in [3.05, 3.63) is 39.6 Å². The van der Waals surface area contributed by atoms with E-state index in [1.165, 1.54) is 6.07 Å². The number of hydrogen-bond donors (Lipinski definition) is 1. The highest BCUT2D eigenvalue weighted by atomic mass is 35.5. The Morgan fingerprint density at radius 1 is 1.28 bits per heavy atom. The molecule has 0 saturated carbocycles. The van der Waals surface area contributed by atoms with Gasteiger partial charge in [-0.2, -0.15) is 0 Å². The first-order valence-electron chi connectivity index (χ1n) is 5.15. The number of nitrogens with one attached hydrogen (secondary N) is 1. The second-order valence-electron chi connectivity index (χ2n) is 3.98. The first-order valence-corrected chi connectivity index (χ1v) is 5.91. The van der Waals surface area contributed by atoms with Crippen molar-refractivity contribution < 1.29 is 9.53 Å². The molecule has 4 nitrogen and oxygen atoms in total. The minimum absolute atomic E-state index is 0.00149. The number of hydrogen-bond acceptors (Lipinski definition) is 3. The van der Waals surface area contributed by atoms with Crippen LogP contribution in [0, 0.1) is 5.41 Å². The number of nitrogens with zero attached hydrogens (tertiary/aromatic N) is 1. The Labute approximate surface area is 114 Å². The fourth-order valence-corrected chi connectivity index (χ4v) is 1.86. The monoisotopic (exact) mass is 284 g/mol. The Morgan fingerprint density at radius 3 is 2.44 bits per heavy atom. The minimum Gasteiger partial charge on any atom is -0.406 e. The van der Waals surface area contributed by atoms with Crippen LogP contribution in [0.3, 0.4) is 0 Å². The second kappa shape index (κ2) is 4.63. The van der Waals surface area contributed by atoms with Gasteiger partial charge in [0.2, 0.25) is 0 Å². The average molecular weight is 285 g/mol. The summed E-state index contributed by atoms with van der Waals surface area (Å²) in [5.41, 5.74) is 1.21. The largest absolute Gasteiger partial charge is 0.425 e. The quantitative estimate of drug-likeness (QED) is 0.839. The smallest absolute Gasteiger partial charge is 0.406 e. The van der Waals surface area contributed by atoms with Crippen molar-refractivity contribution in [3.8, 4) is 0 Å².